The van der Waals surface area contributed by atoms with Crippen molar-refractivity contribution in [2.24, 2.45) is 11.8 Å². The molecule has 1 heteroatoms. The molecule has 0 aromatic rings. The summed E-state index contributed by atoms with van der Waals surface area (Å²) < 4.78 is 0. The minimum atomic E-state index is 0.514. The summed E-state index contributed by atoms with van der Waals surface area (Å²) >= 11 is 0. The zero-order valence-corrected chi connectivity index (χ0v) is 6.72. The van der Waals surface area contributed by atoms with Crippen molar-refractivity contribution < 1.29 is 0 Å². The molecule has 0 radical (unpaired) electrons. The van der Waals surface area contributed by atoms with Crippen molar-refractivity contribution in [3.63, 3.8) is 0 Å². The molecule has 1 aliphatic rings. The molecule has 0 aromatic heterocycles. The van der Waals surface area contributed by atoms with E-state index in [0.717, 1.165) is 6.42 Å². The molecule has 0 bridgehead atoms. The van der Waals surface area contributed by atoms with Gasteiger partial charge in [0.25, 0.3) is 0 Å². The predicted octanol–water partition coefficient (Wildman–Crippen LogP) is 2.63. The number of hydrogen-bond donors (Lipinski definition) is 1. The molecule has 0 saturated carbocycles. The Balaban J connectivity index is 2.60. The van der Waals surface area contributed by atoms with Gasteiger partial charge >= 0.3 is 0 Å². The molecular formula is C9H15N. The summed E-state index contributed by atoms with van der Waals surface area (Å²) in [6.07, 6.45) is 6.18. The van der Waals surface area contributed by atoms with Crippen LogP contribution < -0.4 is 0 Å². The van der Waals surface area contributed by atoms with E-state index in [0.29, 0.717) is 11.8 Å². The standard InChI is InChI=1S/C9H15N/c1-7-3-8(2)5-9(4-7)6-10/h3,6-7,9-10H,4-5H2,1-2H3. The van der Waals surface area contributed by atoms with E-state index in [9.17, 15) is 0 Å². The van der Waals surface area contributed by atoms with Crippen LogP contribution in [0.25, 0.3) is 0 Å². The van der Waals surface area contributed by atoms with E-state index < -0.39 is 0 Å². The Hall–Kier alpha value is -0.590. The van der Waals surface area contributed by atoms with E-state index in [1.807, 2.05) is 0 Å². The molecule has 0 saturated heterocycles. The Labute approximate surface area is 62.6 Å². The van der Waals surface area contributed by atoms with Crippen LogP contribution in [0.2, 0.25) is 0 Å². The quantitative estimate of drug-likeness (QED) is 0.424. The molecule has 2 atom stereocenters. The molecule has 0 spiro atoms. The van der Waals surface area contributed by atoms with E-state index in [1.54, 1.807) is 6.21 Å². The minimum absolute atomic E-state index is 0.514. The molecule has 1 nitrogen and oxygen atoms in total. The van der Waals surface area contributed by atoms with Crippen LogP contribution in [-0.4, -0.2) is 6.21 Å². The highest BCUT2D eigenvalue weighted by Gasteiger charge is 2.14. The first kappa shape index (κ1) is 7.52. The smallest absolute Gasteiger partial charge is 0.00133 e. The van der Waals surface area contributed by atoms with E-state index in [-0.39, 0.29) is 0 Å². The third kappa shape index (κ3) is 1.69. The van der Waals surface area contributed by atoms with Gasteiger partial charge < -0.3 is 5.41 Å². The lowest BCUT2D eigenvalue weighted by molar-refractivity contribution is 0.502. The summed E-state index contributed by atoms with van der Waals surface area (Å²) in [5.41, 5.74) is 1.45. The molecule has 0 aromatic carbocycles. The van der Waals surface area contributed by atoms with E-state index in [2.05, 4.69) is 19.9 Å². The van der Waals surface area contributed by atoms with Crippen LogP contribution in [0.1, 0.15) is 26.7 Å². The van der Waals surface area contributed by atoms with Gasteiger partial charge in [-0.05, 0) is 37.8 Å². The van der Waals surface area contributed by atoms with Gasteiger partial charge in [0.15, 0.2) is 0 Å². The molecule has 56 valence electrons. The lowest BCUT2D eigenvalue weighted by Crippen LogP contribution is -2.12. The van der Waals surface area contributed by atoms with Gasteiger partial charge in [-0.2, -0.15) is 0 Å². The number of allylic oxidation sites excluding steroid dienone is 2. The Morgan fingerprint density at radius 2 is 2.40 bits per heavy atom. The van der Waals surface area contributed by atoms with Gasteiger partial charge in [0.05, 0.1) is 0 Å². The highest BCUT2D eigenvalue weighted by Crippen LogP contribution is 2.25. The van der Waals surface area contributed by atoms with Crippen molar-refractivity contribution in [1.29, 1.82) is 5.41 Å². The lowest BCUT2D eigenvalue weighted by Gasteiger charge is -2.21. The van der Waals surface area contributed by atoms with Gasteiger partial charge in [-0.25, -0.2) is 0 Å². The molecule has 0 amide bonds. The zero-order valence-electron chi connectivity index (χ0n) is 6.72. The summed E-state index contributed by atoms with van der Waals surface area (Å²) in [4.78, 5) is 0. The summed E-state index contributed by atoms with van der Waals surface area (Å²) in [7, 11) is 0. The average molecular weight is 137 g/mol. The summed E-state index contributed by atoms with van der Waals surface area (Å²) in [6, 6.07) is 0. The van der Waals surface area contributed by atoms with Crippen molar-refractivity contribution in [3.05, 3.63) is 11.6 Å². The lowest BCUT2D eigenvalue weighted by atomic mass is 9.84. The van der Waals surface area contributed by atoms with Gasteiger partial charge in [0.1, 0.15) is 0 Å². The van der Waals surface area contributed by atoms with Crippen LogP contribution in [0.15, 0.2) is 11.6 Å². The minimum Gasteiger partial charge on any atom is -0.313 e. The molecule has 1 aliphatic carbocycles. The molecule has 2 unspecified atom stereocenters. The van der Waals surface area contributed by atoms with Crippen molar-refractivity contribution in [1.82, 2.24) is 0 Å². The fourth-order valence-corrected chi connectivity index (χ4v) is 1.72. The summed E-state index contributed by atoms with van der Waals surface area (Å²) in [5.74, 6) is 1.19. The van der Waals surface area contributed by atoms with Crippen LogP contribution >= 0.6 is 0 Å². The highest BCUT2D eigenvalue weighted by atomic mass is 14.4. The Morgan fingerprint density at radius 1 is 1.70 bits per heavy atom. The molecule has 0 heterocycles. The molecular weight excluding hydrogens is 122 g/mol. The fraction of sp³-hybridized carbons (Fsp3) is 0.667. The van der Waals surface area contributed by atoms with Crippen molar-refractivity contribution in [2.75, 3.05) is 0 Å². The molecule has 0 fully saturated rings. The van der Waals surface area contributed by atoms with Crippen molar-refractivity contribution in [3.8, 4) is 0 Å². The Kier molecular flexibility index (Phi) is 2.25. The van der Waals surface area contributed by atoms with E-state index in [1.165, 1.54) is 12.0 Å². The maximum Gasteiger partial charge on any atom is -0.00133 e. The monoisotopic (exact) mass is 137 g/mol. The van der Waals surface area contributed by atoms with Gasteiger partial charge in [-0.1, -0.05) is 18.6 Å². The molecule has 10 heavy (non-hydrogen) atoms. The molecule has 1 rings (SSSR count). The average Bonchev–Trinajstić information content (AvgIpc) is 1.85. The second kappa shape index (κ2) is 3.00. The number of nitrogens with one attached hydrogen (secondary N) is 1. The van der Waals surface area contributed by atoms with Crippen molar-refractivity contribution in [2.45, 2.75) is 26.7 Å². The number of rotatable bonds is 1. The van der Waals surface area contributed by atoms with Gasteiger partial charge in [-0.15, -0.1) is 0 Å². The second-order valence-electron chi connectivity index (χ2n) is 3.36. The summed E-state index contributed by atoms with van der Waals surface area (Å²) in [5, 5.41) is 7.12. The Morgan fingerprint density at radius 3 is 2.90 bits per heavy atom. The Bertz CT molecular complexity index is 158. The van der Waals surface area contributed by atoms with Crippen molar-refractivity contribution >= 4 is 6.21 Å². The first-order chi connectivity index (χ1) is 4.72. The summed E-state index contributed by atoms with van der Waals surface area (Å²) in [6.45, 7) is 4.38. The second-order valence-corrected chi connectivity index (χ2v) is 3.36. The normalized spacial score (nSPS) is 33.2. The zero-order chi connectivity index (χ0) is 7.56. The largest absolute Gasteiger partial charge is 0.313 e. The van der Waals surface area contributed by atoms with Crippen LogP contribution in [-0.2, 0) is 0 Å². The molecule has 1 N–H and O–H groups in total. The number of hydrogen-bond acceptors (Lipinski definition) is 1. The van der Waals surface area contributed by atoms with Gasteiger partial charge in [-0.3, -0.25) is 0 Å². The van der Waals surface area contributed by atoms with Crippen LogP contribution in [0.5, 0.6) is 0 Å². The van der Waals surface area contributed by atoms with E-state index in [4.69, 9.17) is 5.41 Å². The fourth-order valence-electron chi connectivity index (χ4n) is 1.72. The van der Waals surface area contributed by atoms with Gasteiger partial charge in [0, 0.05) is 0 Å². The third-order valence-corrected chi connectivity index (χ3v) is 2.06. The maximum absolute atomic E-state index is 7.12. The van der Waals surface area contributed by atoms with Crippen LogP contribution in [0.4, 0.5) is 0 Å². The maximum atomic E-state index is 7.12. The third-order valence-electron chi connectivity index (χ3n) is 2.06. The molecule has 0 aliphatic heterocycles. The van der Waals surface area contributed by atoms with Crippen LogP contribution in [0.3, 0.4) is 0 Å². The topological polar surface area (TPSA) is 23.9 Å². The SMILES string of the molecule is CC1=CC(C)CC(C=N)C1. The van der Waals surface area contributed by atoms with Gasteiger partial charge in [0.2, 0.25) is 0 Å². The predicted molar refractivity (Wildman–Crippen MR) is 44.4 cm³/mol. The van der Waals surface area contributed by atoms with Crippen LogP contribution in [0, 0.1) is 17.2 Å². The van der Waals surface area contributed by atoms with E-state index >= 15 is 0 Å². The highest BCUT2D eigenvalue weighted by molar-refractivity contribution is 5.57. The first-order valence-corrected chi connectivity index (χ1v) is 3.90. The first-order valence-electron chi connectivity index (χ1n) is 3.90.